The Morgan fingerprint density at radius 3 is 2.29 bits per heavy atom. The average molecular weight is 485 g/mol. The Hall–Kier alpha value is -2.54. The highest BCUT2D eigenvalue weighted by atomic mass is 32.2. The lowest BCUT2D eigenvalue weighted by Gasteiger charge is -2.11. The number of esters is 1. The standard InChI is InChI=1S/C19H24N4O5S3/c1-6-20-31(26,27)13-9-7-12(8-10-13)21-19(29)22-16-14(18(25)28-5)11(2)15(30-16)17(24)23(3)4/h7-10,20H,6H2,1-5H3,(H2,21,22,29). The van der Waals surface area contributed by atoms with E-state index in [2.05, 4.69) is 15.4 Å². The minimum absolute atomic E-state index is 0.132. The van der Waals surface area contributed by atoms with Crippen LogP contribution in [0.25, 0.3) is 0 Å². The third-order valence-corrected chi connectivity index (χ3v) is 7.08. The van der Waals surface area contributed by atoms with Crippen molar-refractivity contribution in [1.29, 1.82) is 0 Å². The Bertz CT molecular complexity index is 1090. The van der Waals surface area contributed by atoms with E-state index in [4.69, 9.17) is 17.0 Å². The molecule has 0 fully saturated rings. The highest BCUT2D eigenvalue weighted by molar-refractivity contribution is 7.89. The summed E-state index contributed by atoms with van der Waals surface area (Å²) in [4.78, 5) is 26.7. The molecule has 0 radical (unpaired) electrons. The fourth-order valence-corrected chi connectivity index (χ4v) is 5.16. The summed E-state index contributed by atoms with van der Waals surface area (Å²) in [5.74, 6) is -0.827. The van der Waals surface area contributed by atoms with E-state index in [-0.39, 0.29) is 28.0 Å². The molecule has 1 aromatic carbocycles. The van der Waals surface area contributed by atoms with Gasteiger partial charge in [-0.05, 0) is 49.0 Å². The monoisotopic (exact) mass is 484 g/mol. The summed E-state index contributed by atoms with van der Waals surface area (Å²) in [7, 11) is 0.956. The molecule has 0 unspecified atom stereocenters. The number of anilines is 2. The molecule has 1 amide bonds. The van der Waals surface area contributed by atoms with Crippen molar-refractivity contribution >= 4 is 61.3 Å². The molecule has 1 aromatic heterocycles. The summed E-state index contributed by atoms with van der Waals surface area (Å²) in [5.41, 5.74) is 1.28. The Morgan fingerprint density at radius 2 is 1.77 bits per heavy atom. The van der Waals surface area contributed by atoms with Gasteiger partial charge in [-0.1, -0.05) is 6.92 Å². The molecule has 12 heteroatoms. The van der Waals surface area contributed by atoms with Crippen LogP contribution in [-0.4, -0.2) is 58.1 Å². The average Bonchev–Trinajstić information content (AvgIpc) is 3.02. The first-order valence-electron chi connectivity index (χ1n) is 9.12. The molecule has 0 spiro atoms. The number of benzene rings is 1. The van der Waals surface area contributed by atoms with E-state index in [1.807, 2.05) is 0 Å². The maximum atomic E-state index is 12.4. The van der Waals surface area contributed by atoms with E-state index >= 15 is 0 Å². The van der Waals surface area contributed by atoms with Crippen molar-refractivity contribution in [3.8, 4) is 0 Å². The third-order valence-electron chi connectivity index (χ3n) is 4.12. The number of carbonyl (C=O) groups excluding carboxylic acids is 2. The van der Waals surface area contributed by atoms with Crippen LogP contribution in [-0.2, 0) is 14.8 Å². The van der Waals surface area contributed by atoms with Gasteiger partial charge >= 0.3 is 5.97 Å². The van der Waals surface area contributed by atoms with Crippen molar-refractivity contribution in [3.05, 3.63) is 40.3 Å². The third kappa shape index (κ3) is 5.79. The number of methoxy groups -OCH3 is 1. The van der Waals surface area contributed by atoms with E-state index in [9.17, 15) is 18.0 Å². The van der Waals surface area contributed by atoms with Gasteiger partial charge in [-0.15, -0.1) is 11.3 Å². The molecule has 0 saturated heterocycles. The molecule has 9 nitrogen and oxygen atoms in total. The van der Waals surface area contributed by atoms with Gasteiger partial charge in [-0.2, -0.15) is 0 Å². The lowest BCUT2D eigenvalue weighted by Crippen LogP contribution is -2.23. The highest BCUT2D eigenvalue weighted by Crippen LogP contribution is 2.34. The second kappa shape index (κ2) is 10.2. The van der Waals surface area contributed by atoms with Gasteiger partial charge in [-0.25, -0.2) is 17.9 Å². The van der Waals surface area contributed by atoms with Gasteiger partial charge in [0.1, 0.15) is 5.00 Å². The number of hydrogen-bond donors (Lipinski definition) is 3. The summed E-state index contributed by atoms with van der Waals surface area (Å²) in [5, 5.41) is 6.40. The molecular formula is C19H24N4O5S3. The van der Waals surface area contributed by atoms with Crippen molar-refractivity contribution in [2.75, 3.05) is 38.4 Å². The van der Waals surface area contributed by atoms with E-state index in [0.717, 1.165) is 11.3 Å². The van der Waals surface area contributed by atoms with Crippen molar-refractivity contribution in [1.82, 2.24) is 9.62 Å². The molecular weight excluding hydrogens is 460 g/mol. The van der Waals surface area contributed by atoms with Crippen LogP contribution < -0.4 is 15.4 Å². The first kappa shape index (κ1) is 24.7. The van der Waals surface area contributed by atoms with Crippen LogP contribution >= 0.6 is 23.6 Å². The fraction of sp³-hybridized carbons (Fsp3) is 0.316. The topological polar surface area (TPSA) is 117 Å². The molecule has 0 aliphatic rings. The zero-order valence-electron chi connectivity index (χ0n) is 17.7. The summed E-state index contributed by atoms with van der Waals surface area (Å²) < 4.78 is 31.3. The van der Waals surface area contributed by atoms with Crippen LogP contribution in [0, 0.1) is 6.92 Å². The molecule has 168 valence electrons. The highest BCUT2D eigenvalue weighted by Gasteiger charge is 2.26. The largest absolute Gasteiger partial charge is 0.465 e. The number of rotatable bonds is 7. The Kier molecular flexibility index (Phi) is 8.12. The second-order valence-corrected chi connectivity index (χ2v) is 9.75. The number of thiocarbonyl (C=S) groups is 1. The maximum Gasteiger partial charge on any atom is 0.341 e. The van der Waals surface area contributed by atoms with Crippen LogP contribution in [0.3, 0.4) is 0 Å². The van der Waals surface area contributed by atoms with Crippen LogP contribution in [0.1, 0.15) is 32.5 Å². The maximum absolute atomic E-state index is 12.4. The number of hydrogen-bond acceptors (Lipinski definition) is 7. The molecule has 3 N–H and O–H groups in total. The van der Waals surface area contributed by atoms with Gasteiger partial charge in [0.15, 0.2) is 5.11 Å². The molecule has 2 aromatic rings. The van der Waals surface area contributed by atoms with E-state index < -0.39 is 16.0 Å². The number of thiophene rings is 1. The number of sulfonamides is 1. The van der Waals surface area contributed by atoms with Crippen LogP contribution in [0.4, 0.5) is 10.7 Å². The second-order valence-electron chi connectivity index (χ2n) is 6.56. The van der Waals surface area contributed by atoms with Crippen molar-refractivity contribution in [3.63, 3.8) is 0 Å². The smallest absolute Gasteiger partial charge is 0.341 e. The van der Waals surface area contributed by atoms with E-state index in [0.29, 0.717) is 21.1 Å². The molecule has 1 heterocycles. The van der Waals surface area contributed by atoms with Gasteiger partial charge in [0, 0.05) is 26.3 Å². The quantitative estimate of drug-likeness (QED) is 0.406. The number of carbonyl (C=O) groups is 2. The Labute approximate surface area is 190 Å². The Balaban J connectivity index is 2.24. The number of amides is 1. The molecule has 0 aliphatic heterocycles. The SMILES string of the molecule is CCNS(=O)(=O)c1ccc(NC(=S)Nc2sc(C(=O)N(C)C)c(C)c2C(=O)OC)cc1. The number of nitrogens with zero attached hydrogens (tertiary/aromatic N) is 1. The lowest BCUT2D eigenvalue weighted by molar-refractivity contribution is 0.0601. The van der Waals surface area contributed by atoms with Crippen molar-refractivity contribution in [2.24, 2.45) is 0 Å². The molecule has 31 heavy (non-hydrogen) atoms. The molecule has 0 bridgehead atoms. The van der Waals surface area contributed by atoms with E-state index in [1.54, 1.807) is 40.1 Å². The molecule has 2 rings (SSSR count). The zero-order valence-corrected chi connectivity index (χ0v) is 20.2. The number of nitrogens with one attached hydrogen (secondary N) is 3. The zero-order chi connectivity index (χ0) is 23.3. The molecule has 0 saturated carbocycles. The minimum Gasteiger partial charge on any atom is -0.465 e. The summed E-state index contributed by atoms with van der Waals surface area (Å²) >= 11 is 6.42. The van der Waals surface area contributed by atoms with Crippen molar-refractivity contribution < 1.29 is 22.7 Å². The van der Waals surface area contributed by atoms with Crippen LogP contribution in [0.2, 0.25) is 0 Å². The predicted octanol–water partition coefficient (Wildman–Crippen LogP) is 2.65. The van der Waals surface area contributed by atoms with Crippen molar-refractivity contribution in [2.45, 2.75) is 18.7 Å². The summed E-state index contributed by atoms with van der Waals surface area (Å²) in [6.45, 7) is 3.66. The van der Waals surface area contributed by atoms with Gasteiger partial charge in [0.2, 0.25) is 10.0 Å². The summed E-state index contributed by atoms with van der Waals surface area (Å²) in [6, 6.07) is 6.04. The van der Waals surface area contributed by atoms with Gasteiger partial charge in [0.05, 0.1) is 22.4 Å². The molecule has 0 aliphatic carbocycles. The minimum atomic E-state index is -3.55. The van der Waals surface area contributed by atoms with Crippen LogP contribution in [0.15, 0.2) is 29.2 Å². The fourth-order valence-electron chi connectivity index (χ4n) is 2.61. The number of ether oxygens (including phenoxy) is 1. The first-order valence-corrected chi connectivity index (χ1v) is 11.8. The normalized spacial score (nSPS) is 11.0. The summed E-state index contributed by atoms with van der Waals surface area (Å²) in [6.07, 6.45) is 0. The molecule has 0 atom stereocenters. The predicted molar refractivity (Wildman–Crippen MR) is 126 cm³/mol. The first-order chi connectivity index (χ1) is 14.5. The van der Waals surface area contributed by atoms with Gasteiger partial charge < -0.3 is 20.3 Å². The Morgan fingerprint density at radius 1 is 1.16 bits per heavy atom. The van der Waals surface area contributed by atoms with Gasteiger partial charge in [-0.3, -0.25) is 4.79 Å². The lowest BCUT2D eigenvalue weighted by atomic mass is 10.1. The van der Waals surface area contributed by atoms with Gasteiger partial charge in [0.25, 0.3) is 5.91 Å². The van der Waals surface area contributed by atoms with E-state index in [1.165, 1.54) is 24.1 Å². The van der Waals surface area contributed by atoms with Crippen LogP contribution in [0.5, 0.6) is 0 Å².